The molecule has 1 heterocycles. The number of methoxy groups -OCH3 is 1. The van der Waals surface area contributed by atoms with Crippen LogP contribution in [0.4, 0.5) is 0 Å². The third-order valence-corrected chi connectivity index (χ3v) is 7.01. The lowest BCUT2D eigenvalue weighted by Crippen LogP contribution is -2.27. The molecule has 0 saturated carbocycles. The van der Waals surface area contributed by atoms with Gasteiger partial charge in [0.2, 0.25) is 5.90 Å². The van der Waals surface area contributed by atoms with Crippen molar-refractivity contribution in [1.82, 2.24) is 5.32 Å². The van der Waals surface area contributed by atoms with Crippen molar-refractivity contribution < 1.29 is 14.3 Å². The Bertz CT molecular complexity index is 1380. The largest absolute Gasteiger partial charge is 0.497 e. The van der Waals surface area contributed by atoms with E-state index in [4.69, 9.17) is 9.47 Å². The summed E-state index contributed by atoms with van der Waals surface area (Å²) in [6.07, 6.45) is 6.95. The third kappa shape index (κ3) is 5.75. The van der Waals surface area contributed by atoms with E-state index in [0.29, 0.717) is 11.8 Å². The van der Waals surface area contributed by atoms with Crippen molar-refractivity contribution in [2.45, 2.75) is 31.1 Å². The van der Waals surface area contributed by atoms with Gasteiger partial charge in [0, 0.05) is 18.0 Å². The fourth-order valence-corrected chi connectivity index (χ4v) is 5.05. The molecule has 3 unspecified atom stereocenters. The Balaban J connectivity index is 1.23. The monoisotopic (exact) mass is 505 g/mol. The molecule has 0 radical (unpaired) electrons. The molecule has 0 bridgehead atoms. The molecule has 1 amide bonds. The molecule has 38 heavy (non-hydrogen) atoms. The number of carbonyl (C=O) groups excluding carboxylic acids is 1. The van der Waals surface area contributed by atoms with Crippen molar-refractivity contribution >= 4 is 17.5 Å². The van der Waals surface area contributed by atoms with E-state index in [9.17, 15) is 4.79 Å². The fourth-order valence-electron chi connectivity index (χ4n) is 5.05. The number of carbonyl (C=O) groups is 1. The van der Waals surface area contributed by atoms with Crippen LogP contribution in [0.1, 0.15) is 47.8 Å². The second-order valence-electron chi connectivity index (χ2n) is 9.46. The van der Waals surface area contributed by atoms with Crippen molar-refractivity contribution in [2.24, 2.45) is 10.2 Å². The number of nitrogens with one attached hydrogen (secondary N) is 1. The molecule has 3 atom stereocenters. The van der Waals surface area contributed by atoms with Crippen LogP contribution in [0, 0.1) is 0 Å². The van der Waals surface area contributed by atoms with Crippen LogP contribution < -0.4 is 10.1 Å². The summed E-state index contributed by atoms with van der Waals surface area (Å²) in [7, 11) is 1.67. The quantitative estimate of drug-likeness (QED) is 0.401. The lowest BCUT2D eigenvalue weighted by atomic mass is 9.89. The first kappa shape index (κ1) is 25.2. The summed E-state index contributed by atoms with van der Waals surface area (Å²) in [5.74, 6) is 1.39. The zero-order valence-electron chi connectivity index (χ0n) is 21.6. The Morgan fingerprint density at radius 1 is 0.921 bits per heavy atom. The predicted octanol–water partition coefficient (Wildman–Crippen LogP) is 6.11. The van der Waals surface area contributed by atoms with Gasteiger partial charge in [-0.3, -0.25) is 4.79 Å². The lowest BCUT2D eigenvalue weighted by Gasteiger charge is -2.16. The molecule has 6 heteroatoms. The standard InChI is InChI=1S/C32H31N3O3/c1-22-31(25-11-7-4-8-12-25)32(35-34-22)38-21-30(36)33-18-17-26-19-27(23-9-5-3-6-10-23)20-29(26)24-13-15-28(37-2)16-14-24/h3-19,27,29,31H,20-21H2,1-2H3,(H,33,36)/b18-17+. The van der Waals surface area contributed by atoms with Crippen molar-refractivity contribution in [3.8, 4) is 5.75 Å². The van der Waals surface area contributed by atoms with E-state index in [1.165, 1.54) is 16.7 Å². The molecule has 1 aliphatic heterocycles. The van der Waals surface area contributed by atoms with Gasteiger partial charge < -0.3 is 14.8 Å². The summed E-state index contributed by atoms with van der Waals surface area (Å²) in [5.41, 5.74) is 5.55. The first-order valence-corrected chi connectivity index (χ1v) is 12.8. The fraction of sp³-hybridized carbons (Fsp3) is 0.219. The zero-order valence-corrected chi connectivity index (χ0v) is 21.6. The minimum absolute atomic E-state index is 0.136. The van der Waals surface area contributed by atoms with Gasteiger partial charge in [-0.05, 0) is 53.8 Å². The maximum absolute atomic E-state index is 12.6. The molecule has 0 spiro atoms. The van der Waals surface area contributed by atoms with Crippen molar-refractivity contribution in [3.05, 3.63) is 126 Å². The highest BCUT2D eigenvalue weighted by atomic mass is 16.5. The van der Waals surface area contributed by atoms with E-state index >= 15 is 0 Å². The van der Waals surface area contributed by atoms with Crippen LogP contribution in [0.5, 0.6) is 5.75 Å². The first-order valence-electron chi connectivity index (χ1n) is 12.8. The summed E-state index contributed by atoms with van der Waals surface area (Å²) >= 11 is 0. The van der Waals surface area contributed by atoms with Crippen LogP contribution in [-0.2, 0) is 9.53 Å². The van der Waals surface area contributed by atoms with Gasteiger partial charge in [0.05, 0.1) is 12.8 Å². The number of amides is 1. The van der Waals surface area contributed by atoms with Crippen LogP contribution in [0.2, 0.25) is 0 Å². The summed E-state index contributed by atoms with van der Waals surface area (Å²) in [6, 6.07) is 28.6. The van der Waals surface area contributed by atoms with E-state index in [2.05, 4.69) is 58.0 Å². The van der Waals surface area contributed by atoms with Gasteiger partial charge in [0.25, 0.3) is 5.91 Å². The molecule has 1 aliphatic carbocycles. The average molecular weight is 506 g/mol. The van der Waals surface area contributed by atoms with Crippen LogP contribution in [-0.4, -0.2) is 31.2 Å². The molecule has 6 nitrogen and oxygen atoms in total. The number of nitrogens with zero attached hydrogens (tertiary/aromatic N) is 2. The first-order chi connectivity index (χ1) is 18.6. The third-order valence-electron chi connectivity index (χ3n) is 7.01. The highest BCUT2D eigenvalue weighted by Crippen LogP contribution is 2.43. The molecule has 2 aliphatic rings. The van der Waals surface area contributed by atoms with Crippen molar-refractivity contribution in [1.29, 1.82) is 0 Å². The Labute approximate surface area is 223 Å². The Morgan fingerprint density at radius 3 is 2.29 bits per heavy atom. The van der Waals surface area contributed by atoms with Gasteiger partial charge in [0.1, 0.15) is 11.7 Å². The minimum Gasteiger partial charge on any atom is -0.497 e. The highest BCUT2D eigenvalue weighted by molar-refractivity contribution is 6.11. The molecule has 0 aromatic heterocycles. The molecular weight excluding hydrogens is 474 g/mol. The maximum atomic E-state index is 12.6. The van der Waals surface area contributed by atoms with Crippen LogP contribution >= 0.6 is 0 Å². The Hall–Kier alpha value is -4.45. The molecule has 0 fully saturated rings. The van der Waals surface area contributed by atoms with Crippen molar-refractivity contribution in [2.75, 3.05) is 13.7 Å². The van der Waals surface area contributed by atoms with Gasteiger partial charge in [-0.15, -0.1) is 5.10 Å². The average Bonchev–Trinajstić information content (AvgIpc) is 3.56. The van der Waals surface area contributed by atoms with E-state index in [-0.39, 0.29) is 24.3 Å². The normalized spacial score (nSPS) is 20.6. The van der Waals surface area contributed by atoms with Crippen LogP contribution in [0.25, 0.3) is 0 Å². The number of hydrogen-bond acceptors (Lipinski definition) is 5. The second-order valence-corrected chi connectivity index (χ2v) is 9.46. The van der Waals surface area contributed by atoms with Gasteiger partial charge in [-0.1, -0.05) is 78.9 Å². The molecule has 1 N–H and O–H groups in total. The van der Waals surface area contributed by atoms with Crippen LogP contribution in [0.15, 0.2) is 119 Å². The lowest BCUT2D eigenvalue weighted by molar-refractivity contribution is -0.122. The molecule has 3 aromatic carbocycles. The Kier molecular flexibility index (Phi) is 7.78. The van der Waals surface area contributed by atoms with E-state index in [1.54, 1.807) is 13.3 Å². The van der Waals surface area contributed by atoms with Gasteiger partial charge in [-0.25, -0.2) is 0 Å². The summed E-state index contributed by atoms with van der Waals surface area (Å²) in [4.78, 5) is 12.6. The Morgan fingerprint density at radius 2 is 1.61 bits per heavy atom. The smallest absolute Gasteiger partial charge is 0.261 e. The SMILES string of the molecule is COc1ccc(C2CC(c3ccccc3)C=C2/C=C/NC(=O)COC2=NN=C(C)C2c2ccccc2)cc1. The number of ether oxygens (including phenoxy) is 2. The van der Waals surface area contributed by atoms with Crippen LogP contribution in [0.3, 0.4) is 0 Å². The van der Waals surface area contributed by atoms with Crippen molar-refractivity contribution in [3.63, 3.8) is 0 Å². The highest BCUT2D eigenvalue weighted by Gasteiger charge is 2.29. The molecule has 3 aromatic rings. The zero-order chi connectivity index (χ0) is 26.3. The predicted molar refractivity (Wildman–Crippen MR) is 151 cm³/mol. The second kappa shape index (κ2) is 11.7. The van der Waals surface area contributed by atoms with E-state index < -0.39 is 0 Å². The van der Waals surface area contributed by atoms with Gasteiger partial charge >= 0.3 is 0 Å². The van der Waals surface area contributed by atoms with Gasteiger partial charge in [0.15, 0.2) is 6.61 Å². The van der Waals surface area contributed by atoms with Gasteiger partial charge in [-0.2, -0.15) is 5.10 Å². The number of hydrogen-bond donors (Lipinski definition) is 1. The topological polar surface area (TPSA) is 72.3 Å². The van der Waals surface area contributed by atoms with E-state index in [0.717, 1.165) is 23.4 Å². The molecular formula is C32H31N3O3. The number of benzene rings is 3. The number of rotatable bonds is 8. The summed E-state index contributed by atoms with van der Waals surface area (Å²) < 4.78 is 11.1. The molecule has 192 valence electrons. The molecule has 0 saturated heterocycles. The summed E-state index contributed by atoms with van der Waals surface area (Å²) in [5, 5.41) is 11.2. The van der Waals surface area contributed by atoms with E-state index in [1.807, 2.05) is 61.5 Å². The minimum atomic E-state index is -0.250. The molecule has 5 rings (SSSR count). The maximum Gasteiger partial charge on any atom is 0.261 e. The number of allylic oxidation sites excluding steroid dienone is 3. The summed E-state index contributed by atoms with van der Waals surface area (Å²) in [6.45, 7) is 1.78.